The third-order valence-corrected chi connectivity index (χ3v) is 3.74. The SMILES string of the molecule is COCCN(C(=O)c1ccnc(N)c1F)C(C)C1CC1. The van der Waals surface area contributed by atoms with Crippen molar-refractivity contribution in [3.05, 3.63) is 23.6 Å². The van der Waals surface area contributed by atoms with Crippen molar-refractivity contribution in [2.24, 2.45) is 5.92 Å². The fourth-order valence-corrected chi connectivity index (χ4v) is 2.29. The van der Waals surface area contributed by atoms with Gasteiger partial charge in [-0.2, -0.15) is 0 Å². The first-order valence-electron chi connectivity index (χ1n) is 6.76. The third-order valence-electron chi connectivity index (χ3n) is 3.74. The van der Waals surface area contributed by atoms with Crippen LogP contribution in [-0.4, -0.2) is 42.1 Å². The Labute approximate surface area is 117 Å². The second kappa shape index (κ2) is 6.17. The number of hydrogen-bond acceptors (Lipinski definition) is 4. The van der Waals surface area contributed by atoms with E-state index in [0.29, 0.717) is 19.1 Å². The van der Waals surface area contributed by atoms with Crippen LogP contribution in [-0.2, 0) is 4.74 Å². The van der Waals surface area contributed by atoms with E-state index in [9.17, 15) is 9.18 Å². The Bertz CT molecular complexity index is 491. The molecule has 0 saturated heterocycles. The van der Waals surface area contributed by atoms with Crippen molar-refractivity contribution in [2.45, 2.75) is 25.8 Å². The van der Waals surface area contributed by atoms with Gasteiger partial charge in [0.25, 0.3) is 5.91 Å². The van der Waals surface area contributed by atoms with Crippen molar-refractivity contribution >= 4 is 11.7 Å². The van der Waals surface area contributed by atoms with Crippen LogP contribution in [0.3, 0.4) is 0 Å². The fourth-order valence-electron chi connectivity index (χ4n) is 2.29. The van der Waals surface area contributed by atoms with Crippen molar-refractivity contribution in [2.75, 3.05) is 26.0 Å². The molecule has 2 rings (SSSR count). The lowest BCUT2D eigenvalue weighted by molar-refractivity contribution is 0.0590. The molecule has 0 spiro atoms. The van der Waals surface area contributed by atoms with E-state index in [2.05, 4.69) is 4.98 Å². The molecule has 1 heterocycles. The number of carbonyl (C=O) groups is 1. The lowest BCUT2D eigenvalue weighted by Gasteiger charge is -2.29. The number of ether oxygens (including phenoxy) is 1. The van der Waals surface area contributed by atoms with Gasteiger partial charge in [-0.15, -0.1) is 0 Å². The summed E-state index contributed by atoms with van der Waals surface area (Å²) < 4.78 is 19.0. The maximum atomic E-state index is 13.9. The van der Waals surface area contributed by atoms with E-state index in [1.54, 1.807) is 12.0 Å². The van der Waals surface area contributed by atoms with Gasteiger partial charge in [-0.05, 0) is 31.7 Å². The average molecular weight is 281 g/mol. The fraction of sp³-hybridized carbons (Fsp3) is 0.571. The van der Waals surface area contributed by atoms with Crippen LogP contribution in [0.4, 0.5) is 10.2 Å². The molecule has 1 saturated carbocycles. The number of halogens is 1. The number of anilines is 1. The summed E-state index contributed by atoms with van der Waals surface area (Å²) in [7, 11) is 1.58. The first kappa shape index (κ1) is 14.7. The zero-order valence-electron chi connectivity index (χ0n) is 11.8. The zero-order valence-corrected chi connectivity index (χ0v) is 11.8. The summed E-state index contributed by atoms with van der Waals surface area (Å²) >= 11 is 0. The summed E-state index contributed by atoms with van der Waals surface area (Å²) in [5, 5.41) is 0. The lowest BCUT2D eigenvalue weighted by Crippen LogP contribution is -2.42. The second-order valence-corrected chi connectivity index (χ2v) is 5.13. The highest BCUT2D eigenvalue weighted by atomic mass is 19.1. The van der Waals surface area contributed by atoms with Gasteiger partial charge in [-0.25, -0.2) is 9.37 Å². The zero-order chi connectivity index (χ0) is 14.7. The number of nitrogens with zero attached hydrogens (tertiary/aromatic N) is 2. The molecule has 1 amide bonds. The maximum Gasteiger partial charge on any atom is 0.257 e. The van der Waals surface area contributed by atoms with Gasteiger partial charge in [-0.1, -0.05) is 0 Å². The Morgan fingerprint density at radius 1 is 1.65 bits per heavy atom. The Morgan fingerprint density at radius 2 is 2.35 bits per heavy atom. The number of carbonyl (C=O) groups excluding carboxylic acids is 1. The molecule has 1 atom stereocenters. The summed E-state index contributed by atoms with van der Waals surface area (Å²) in [6.07, 6.45) is 3.57. The van der Waals surface area contributed by atoms with Crippen molar-refractivity contribution in [1.82, 2.24) is 9.88 Å². The van der Waals surface area contributed by atoms with E-state index >= 15 is 0 Å². The quantitative estimate of drug-likeness (QED) is 0.861. The number of rotatable bonds is 6. The number of aromatic nitrogens is 1. The van der Waals surface area contributed by atoms with Crippen LogP contribution in [0.15, 0.2) is 12.3 Å². The van der Waals surface area contributed by atoms with E-state index in [1.165, 1.54) is 12.3 Å². The van der Waals surface area contributed by atoms with Crippen LogP contribution >= 0.6 is 0 Å². The van der Waals surface area contributed by atoms with Crippen molar-refractivity contribution in [3.63, 3.8) is 0 Å². The van der Waals surface area contributed by atoms with Gasteiger partial charge < -0.3 is 15.4 Å². The highest BCUT2D eigenvalue weighted by molar-refractivity contribution is 5.95. The molecule has 20 heavy (non-hydrogen) atoms. The van der Waals surface area contributed by atoms with Crippen LogP contribution in [0.5, 0.6) is 0 Å². The van der Waals surface area contributed by atoms with E-state index < -0.39 is 5.82 Å². The lowest BCUT2D eigenvalue weighted by atomic mass is 10.1. The molecule has 5 nitrogen and oxygen atoms in total. The van der Waals surface area contributed by atoms with Crippen molar-refractivity contribution < 1.29 is 13.9 Å². The monoisotopic (exact) mass is 281 g/mol. The van der Waals surface area contributed by atoms with Crippen LogP contribution in [0.1, 0.15) is 30.1 Å². The predicted molar refractivity (Wildman–Crippen MR) is 73.7 cm³/mol. The number of pyridine rings is 1. The van der Waals surface area contributed by atoms with E-state index in [1.807, 2.05) is 6.92 Å². The first-order chi connectivity index (χ1) is 9.56. The topological polar surface area (TPSA) is 68.5 Å². The van der Waals surface area contributed by atoms with Crippen LogP contribution < -0.4 is 5.73 Å². The molecule has 1 aliphatic carbocycles. The maximum absolute atomic E-state index is 13.9. The molecule has 1 aromatic heterocycles. The Kier molecular flexibility index (Phi) is 4.54. The summed E-state index contributed by atoms with van der Waals surface area (Å²) in [6.45, 7) is 2.85. The summed E-state index contributed by atoms with van der Waals surface area (Å²) in [4.78, 5) is 17.9. The summed E-state index contributed by atoms with van der Waals surface area (Å²) in [6, 6.07) is 1.44. The molecule has 6 heteroatoms. The van der Waals surface area contributed by atoms with Gasteiger partial charge in [-0.3, -0.25) is 4.79 Å². The van der Waals surface area contributed by atoms with Crippen molar-refractivity contribution in [3.8, 4) is 0 Å². The number of methoxy groups -OCH3 is 1. The van der Waals surface area contributed by atoms with Crippen LogP contribution in [0.2, 0.25) is 0 Å². The molecular weight excluding hydrogens is 261 g/mol. The Balaban J connectivity index is 2.22. The predicted octanol–water partition coefficient (Wildman–Crippen LogP) is 1.69. The number of nitrogen functional groups attached to an aromatic ring is 1. The minimum absolute atomic E-state index is 0.0268. The van der Waals surface area contributed by atoms with Gasteiger partial charge >= 0.3 is 0 Å². The average Bonchev–Trinajstić information content (AvgIpc) is 3.26. The van der Waals surface area contributed by atoms with E-state index in [4.69, 9.17) is 10.5 Å². The molecule has 0 bridgehead atoms. The molecular formula is C14H20FN3O2. The molecule has 1 fully saturated rings. The molecule has 1 aliphatic rings. The third kappa shape index (κ3) is 3.07. The standard InChI is InChI=1S/C14H20FN3O2/c1-9(10-3-4-10)18(7-8-20-2)14(19)11-5-6-17-13(16)12(11)15/h5-6,9-10H,3-4,7-8H2,1-2H3,(H2,16,17). The van der Waals surface area contributed by atoms with Gasteiger partial charge in [0.1, 0.15) is 0 Å². The largest absolute Gasteiger partial charge is 0.383 e. The molecule has 0 aliphatic heterocycles. The Morgan fingerprint density at radius 3 is 2.95 bits per heavy atom. The molecule has 0 radical (unpaired) electrons. The number of nitrogens with two attached hydrogens (primary N) is 1. The Hall–Kier alpha value is -1.69. The molecule has 1 unspecified atom stereocenters. The number of hydrogen-bond donors (Lipinski definition) is 1. The summed E-state index contributed by atoms with van der Waals surface area (Å²) in [5.74, 6) is -0.851. The van der Waals surface area contributed by atoms with Gasteiger partial charge in [0, 0.05) is 25.9 Å². The highest BCUT2D eigenvalue weighted by Crippen LogP contribution is 2.35. The highest BCUT2D eigenvalue weighted by Gasteiger charge is 2.35. The van der Waals surface area contributed by atoms with Crippen molar-refractivity contribution in [1.29, 1.82) is 0 Å². The van der Waals surface area contributed by atoms with Crippen LogP contribution in [0, 0.1) is 11.7 Å². The molecule has 1 aromatic rings. The van der Waals surface area contributed by atoms with Crippen LogP contribution in [0.25, 0.3) is 0 Å². The van der Waals surface area contributed by atoms with E-state index in [-0.39, 0.29) is 23.3 Å². The first-order valence-corrected chi connectivity index (χ1v) is 6.76. The smallest absolute Gasteiger partial charge is 0.257 e. The second-order valence-electron chi connectivity index (χ2n) is 5.13. The minimum atomic E-state index is -0.747. The van der Waals surface area contributed by atoms with E-state index in [0.717, 1.165) is 12.8 Å². The van der Waals surface area contributed by atoms with Gasteiger partial charge in [0.2, 0.25) is 0 Å². The van der Waals surface area contributed by atoms with Gasteiger partial charge in [0.15, 0.2) is 11.6 Å². The molecule has 110 valence electrons. The normalized spacial score (nSPS) is 15.9. The summed E-state index contributed by atoms with van der Waals surface area (Å²) in [5.41, 5.74) is 5.40. The minimum Gasteiger partial charge on any atom is -0.383 e. The van der Waals surface area contributed by atoms with Gasteiger partial charge in [0.05, 0.1) is 12.2 Å². The molecule has 0 aromatic carbocycles. The number of amides is 1. The molecule has 2 N–H and O–H groups in total.